The number of nitrogens with zero attached hydrogens (tertiary/aromatic N) is 3. The van der Waals surface area contributed by atoms with Crippen molar-refractivity contribution in [2.45, 2.75) is 32.5 Å². The normalized spacial score (nSPS) is 12.2. The molecule has 0 saturated heterocycles. The standard InChI is InChI=1S/C24H25F3N6O3/c1-3-17-19(22(35)36-4-2)20(13-5-7-14(8-6-13)21(29)34)33-23(32-17)31-12-16(28)18-10-9-15(11-30-18)24(25,26)27/h5-11,16H,3-4,12,28H2,1-2H3,(H2,29,34)(H,31,32,33). The number of hydrogen-bond donors (Lipinski definition) is 3. The first-order valence-corrected chi connectivity index (χ1v) is 11.1. The van der Waals surface area contributed by atoms with Crippen LogP contribution in [-0.4, -0.2) is 40.0 Å². The van der Waals surface area contributed by atoms with E-state index in [9.17, 15) is 22.8 Å². The third-order valence-electron chi connectivity index (χ3n) is 5.21. The predicted molar refractivity (Wildman–Crippen MR) is 126 cm³/mol. The lowest BCUT2D eigenvalue weighted by Crippen LogP contribution is -2.23. The highest BCUT2D eigenvalue weighted by atomic mass is 19.4. The van der Waals surface area contributed by atoms with Crippen molar-refractivity contribution >= 4 is 17.8 Å². The Morgan fingerprint density at radius 1 is 1.08 bits per heavy atom. The Kier molecular flexibility index (Phi) is 8.20. The van der Waals surface area contributed by atoms with Gasteiger partial charge in [-0.05, 0) is 37.6 Å². The van der Waals surface area contributed by atoms with Gasteiger partial charge in [0.2, 0.25) is 11.9 Å². The van der Waals surface area contributed by atoms with E-state index in [1.54, 1.807) is 19.1 Å². The van der Waals surface area contributed by atoms with Gasteiger partial charge >= 0.3 is 12.1 Å². The van der Waals surface area contributed by atoms with Gasteiger partial charge in [0.1, 0.15) is 5.56 Å². The first kappa shape index (κ1) is 26.5. The van der Waals surface area contributed by atoms with Crippen LogP contribution in [0.2, 0.25) is 0 Å². The number of ether oxygens (including phenoxy) is 1. The number of alkyl halides is 3. The minimum atomic E-state index is -4.50. The minimum absolute atomic E-state index is 0.0559. The van der Waals surface area contributed by atoms with E-state index >= 15 is 0 Å². The topological polar surface area (TPSA) is 146 Å². The maximum absolute atomic E-state index is 12.8. The van der Waals surface area contributed by atoms with E-state index in [0.717, 1.165) is 12.3 Å². The lowest BCUT2D eigenvalue weighted by molar-refractivity contribution is -0.137. The van der Waals surface area contributed by atoms with E-state index in [4.69, 9.17) is 16.2 Å². The molecule has 1 amide bonds. The minimum Gasteiger partial charge on any atom is -0.462 e. The number of carbonyl (C=O) groups excluding carboxylic acids is 2. The molecule has 1 atom stereocenters. The molecule has 3 aromatic rings. The molecule has 2 heterocycles. The molecule has 0 saturated carbocycles. The fraction of sp³-hybridized carbons (Fsp3) is 0.292. The van der Waals surface area contributed by atoms with Gasteiger partial charge in [-0.1, -0.05) is 19.1 Å². The van der Waals surface area contributed by atoms with E-state index in [1.165, 1.54) is 18.2 Å². The molecule has 0 aliphatic heterocycles. The number of rotatable bonds is 9. The highest BCUT2D eigenvalue weighted by Gasteiger charge is 2.31. The van der Waals surface area contributed by atoms with Crippen LogP contribution in [-0.2, 0) is 17.3 Å². The summed E-state index contributed by atoms with van der Waals surface area (Å²) < 4.78 is 43.6. The van der Waals surface area contributed by atoms with Crippen molar-refractivity contribution < 1.29 is 27.5 Å². The number of carbonyl (C=O) groups is 2. The van der Waals surface area contributed by atoms with E-state index in [0.29, 0.717) is 17.7 Å². The van der Waals surface area contributed by atoms with Gasteiger partial charge in [-0.25, -0.2) is 14.8 Å². The number of pyridine rings is 1. The van der Waals surface area contributed by atoms with Crippen molar-refractivity contribution in [2.24, 2.45) is 11.5 Å². The Hall–Kier alpha value is -4.06. The van der Waals surface area contributed by atoms with Gasteiger partial charge < -0.3 is 21.5 Å². The second kappa shape index (κ2) is 11.1. The summed E-state index contributed by atoms with van der Waals surface area (Å²) in [7, 11) is 0. The van der Waals surface area contributed by atoms with Crippen LogP contribution in [0.1, 0.15) is 57.6 Å². The van der Waals surface area contributed by atoms with Gasteiger partial charge in [0, 0.05) is 23.9 Å². The Morgan fingerprint density at radius 2 is 1.78 bits per heavy atom. The molecule has 190 valence electrons. The molecule has 0 aliphatic rings. The maximum Gasteiger partial charge on any atom is 0.417 e. The molecule has 12 heteroatoms. The predicted octanol–water partition coefficient (Wildman–Crippen LogP) is 3.51. The largest absolute Gasteiger partial charge is 0.462 e. The number of hydrogen-bond acceptors (Lipinski definition) is 8. The van der Waals surface area contributed by atoms with E-state index in [-0.39, 0.29) is 41.6 Å². The molecular formula is C24H25F3N6O3. The third kappa shape index (κ3) is 6.13. The van der Waals surface area contributed by atoms with Crippen molar-refractivity contribution in [3.8, 4) is 11.3 Å². The fourth-order valence-corrected chi connectivity index (χ4v) is 3.36. The molecule has 0 bridgehead atoms. The van der Waals surface area contributed by atoms with Crippen LogP contribution < -0.4 is 16.8 Å². The zero-order valence-electron chi connectivity index (χ0n) is 19.6. The summed E-state index contributed by atoms with van der Waals surface area (Å²) in [4.78, 5) is 36.9. The molecule has 5 N–H and O–H groups in total. The lowest BCUT2D eigenvalue weighted by atomic mass is 10.0. The monoisotopic (exact) mass is 502 g/mol. The number of nitrogens with two attached hydrogens (primary N) is 2. The quantitative estimate of drug-likeness (QED) is 0.377. The molecule has 1 aromatic carbocycles. The van der Waals surface area contributed by atoms with Crippen LogP contribution in [0.5, 0.6) is 0 Å². The molecule has 36 heavy (non-hydrogen) atoms. The SMILES string of the molecule is CCOC(=O)c1c(CC)nc(NCC(N)c2ccc(C(F)(F)F)cn2)nc1-c1ccc(C(N)=O)cc1. The number of esters is 1. The summed E-state index contributed by atoms with van der Waals surface area (Å²) >= 11 is 0. The van der Waals surface area contributed by atoms with E-state index < -0.39 is 29.7 Å². The number of nitrogens with one attached hydrogen (secondary N) is 1. The summed E-state index contributed by atoms with van der Waals surface area (Å²) in [6.45, 7) is 3.70. The Morgan fingerprint density at radius 3 is 2.31 bits per heavy atom. The van der Waals surface area contributed by atoms with Crippen LogP contribution in [0.25, 0.3) is 11.3 Å². The smallest absolute Gasteiger partial charge is 0.417 e. The molecule has 0 radical (unpaired) electrons. The van der Waals surface area contributed by atoms with Crippen molar-refractivity contribution in [3.63, 3.8) is 0 Å². The van der Waals surface area contributed by atoms with Gasteiger partial charge in [0.25, 0.3) is 0 Å². The second-order valence-corrected chi connectivity index (χ2v) is 7.69. The first-order chi connectivity index (χ1) is 17.0. The van der Waals surface area contributed by atoms with Crippen LogP contribution in [0.4, 0.5) is 19.1 Å². The van der Waals surface area contributed by atoms with Gasteiger partial charge in [-0.15, -0.1) is 0 Å². The molecule has 0 fully saturated rings. The number of aromatic nitrogens is 3. The van der Waals surface area contributed by atoms with Crippen LogP contribution >= 0.6 is 0 Å². The molecule has 0 spiro atoms. The number of amides is 1. The highest BCUT2D eigenvalue weighted by molar-refractivity contribution is 5.98. The van der Waals surface area contributed by atoms with Gasteiger partial charge in [0.15, 0.2) is 0 Å². The Balaban J connectivity index is 1.93. The number of halogens is 3. The molecule has 9 nitrogen and oxygen atoms in total. The van der Waals surface area contributed by atoms with Gasteiger partial charge in [-0.3, -0.25) is 9.78 Å². The number of aryl methyl sites for hydroxylation is 1. The molecule has 0 aliphatic carbocycles. The van der Waals surface area contributed by atoms with E-state index in [1.807, 2.05) is 6.92 Å². The average Bonchev–Trinajstić information content (AvgIpc) is 2.86. The molecular weight excluding hydrogens is 477 g/mol. The van der Waals surface area contributed by atoms with E-state index in [2.05, 4.69) is 20.3 Å². The highest BCUT2D eigenvalue weighted by Crippen LogP contribution is 2.29. The zero-order chi connectivity index (χ0) is 26.5. The maximum atomic E-state index is 12.8. The van der Waals surface area contributed by atoms with Crippen molar-refractivity contribution in [3.05, 3.63) is 70.7 Å². The second-order valence-electron chi connectivity index (χ2n) is 7.69. The molecule has 2 aromatic heterocycles. The molecule has 3 rings (SSSR count). The van der Waals surface area contributed by atoms with Crippen molar-refractivity contribution in [2.75, 3.05) is 18.5 Å². The third-order valence-corrected chi connectivity index (χ3v) is 5.21. The van der Waals surface area contributed by atoms with Gasteiger partial charge in [0.05, 0.1) is 35.3 Å². The number of benzene rings is 1. The number of primary amides is 1. The summed E-state index contributed by atoms with van der Waals surface area (Å²) in [6.07, 6.45) is -3.39. The zero-order valence-corrected chi connectivity index (χ0v) is 19.6. The fourth-order valence-electron chi connectivity index (χ4n) is 3.36. The van der Waals surface area contributed by atoms with Gasteiger partial charge in [-0.2, -0.15) is 13.2 Å². The average molecular weight is 502 g/mol. The van der Waals surface area contributed by atoms with Crippen LogP contribution in [0, 0.1) is 0 Å². The Bertz CT molecular complexity index is 1230. The van der Waals surface area contributed by atoms with Crippen molar-refractivity contribution in [1.82, 2.24) is 15.0 Å². The van der Waals surface area contributed by atoms with Crippen LogP contribution in [0.3, 0.4) is 0 Å². The summed E-state index contributed by atoms with van der Waals surface area (Å²) in [6, 6.07) is 7.60. The number of anilines is 1. The summed E-state index contributed by atoms with van der Waals surface area (Å²) in [5, 5.41) is 2.96. The Labute approximate surface area is 205 Å². The first-order valence-electron chi connectivity index (χ1n) is 11.1. The van der Waals surface area contributed by atoms with Crippen LogP contribution in [0.15, 0.2) is 42.6 Å². The summed E-state index contributed by atoms with van der Waals surface area (Å²) in [5.74, 6) is -1.05. The molecule has 1 unspecified atom stereocenters. The summed E-state index contributed by atoms with van der Waals surface area (Å²) in [5.41, 5.74) is 12.5. The van der Waals surface area contributed by atoms with Crippen molar-refractivity contribution in [1.29, 1.82) is 0 Å². The lowest BCUT2D eigenvalue weighted by Gasteiger charge is -2.17.